The Kier molecular flexibility index (Phi) is 9.11. The summed E-state index contributed by atoms with van der Waals surface area (Å²) in [5.74, 6) is 1.44. The predicted octanol–water partition coefficient (Wildman–Crippen LogP) is 5.69. The first-order chi connectivity index (χ1) is 18.8. The molecule has 1 atom stereocenters. The molecule has 0 spiro atoms. The molecule has 2 aliphatic carbocycles. The van der Waals surface area contributed by atoms with Gasteiger partial charge in [-0.3, -0.25) is 14.5 Å². The van der Waals surface area contributed by atoms with Gasteiger partial charge in [-0.15, -0.1) is 11.3 Å². The summed E-state index contributed by atoms with van der Waals surface area (Å²) in [6, 6.07) is 0.686. The average molecular weight is 555 g/mol. The van der Waals surface area contributed by atoms with E-state index in [0.29, 0.717) is 50.2 Å². The predicted molar refractivity (Wildman–Crippen MR) is 157 cm³/mol. The molecule has 3 heterocycles. The van der Waals surface area contributed by atoms with Crippen molar-refractivity contribution < 1.29 is 19.1 Å². The highest BCUT2D eigenvalue weighted by Crippen LogP contribution is 2.44. The third kappa shape index (κ3) is 6.12. The van der Waals surface area contributed by atoms with Crippen molar-refractivity contribution in [1.82, 2.24) is 9.80 Å². The van der Waals surface area contributed by atoms with Crippen LogP contribution in [-0.4, -0.2) is 80.1 Å². The molecule has 214 valence electrons. The van der Waals surface area contributed by atoms with E-state index >= 15 is 0 Å². The summed E-state index contributed by atoms with van der Waals surface area (Å²) in [5.41, 5.74) is 5.05. The number of aryl methyl sites for hydroxylation is 1. The minimum Gasteiger partial charge on any atom is -0.382 e. The van der Waals surface area contributed by atoms with E-state index in [1.165, 1.54) is 41.0 Å². The molecule has 0 bridgehead atoms. The number of ketones is 1. The largest absolute Gasteiger partial charge is 0.382 e. The van der Waals surface area contributed by atoms with Crippen LogP contribution in [0.3, 0.4) is 0 Å². The molecule has 1 saturated carbocycles. The standard InChI is InChI=1S/C32H46N2O4S/c1-20-15-21(2)27(28(35)16-20)19-33-12-6-7-29-30(32(33)36)23(4)31(39-29)22(3)24-8-10-25(11-9-24)34-17-26(18-34)38-14-13-37-5/h15,22,24-26H,6-14,16-19H2,1-5H3. The molecule has 1 aromatic heterocycles. The SMILES string of the molecule is COCCOC1CN(C2CCC(C(C)c3sc4c(c3C)C(=O)N(CC3=C(C)C=C(C)CC3=O)CCC4)CC2)C1. The summed E-state index contributed by atoms with van der Waals surface area (Å²) in [7, 11) is 1.72. The number of amides is 1. The number of fused-ring (bicyclic) bond motifs is 1. The van der Waals surface area contributed by atoms with Crippen molar-refractivity contribution in [3.05, 3.63) is 43.7 Å². The van der Waals surface area contributed by atoms with Gasteiger partial charge in [-0.25, -0.2) is 0 Å². The Balaban J connectivity index is 1.21. The van der Waals surface area contributed by atoms with Gasteiger partial charge in [-0.2, -0.15) is 0 Å². The van der Waals surface area contributed by atoms with Crippen LogP contribution in [0.5, 0.6) is 0 Å². The maximum Gasteiger partial charge on any atom is 0.255 e. The zero-order chi connectivity index (χ0) is 27.7. The fourth-order valence-corrected chi connectivity index (χ4v) is 8.66. The van der Waals surface area contributed by atoms with E-state index in [0.717, 1.165) is 54.8 Å². The van der Waals surface area contributed by atoms with Gasteiger partial charge in [-0.05, 0) is 82.3 Å². The number of allylic oxidation sites excluding steroid dienone is 3. The molecule has 1 unspecified atom stereocenters. The Morgan fingerprint density at radius 2 is 1.82 bits per heavy atom. The minimum absolute atomic E-state index is 0.123. The second-order valence-corrected chi connectivity index (χ2v) is 13.4. The smallest absolute Gasteiger partial charge is 0.255 e. The molecule has 4 aliphatic rings. The molecule has 1 saturated heterocycles. The van der Waals surface area contributed by atoms with E-state index in [2.05, 4.69) is 24.8 Å². The molecular formula is C32H46N2O4S. The van der Waals surface area contributed by atoms with Crippen LogP contribution in [-0.2, 0) is 20.7 Å². The minimum atomic E-state index is 0.123. The van der Waals surface area contributed by atoms with Gasteiger partial charge in [0.1, 0.15) is 0 Å². The fourth-order valence-electron chi connectivity index (χ4n) is 7.17. The van der Waals surface area contributed by atoms with Crippen molar-refractivity contribution in [2.24, 2.45) is 5.92 Å². The zero-order valence-corrected chi connectivity index (χ0v) is 25.3. The van der Waals surface area contributed by atoms with E-state index in [-0.39, 0.29) is 11.7 Å². The fraction of sp³-hybridized carbons (Fsp3) is 0.688. The zero-order valence-electron chi connectivity index (χ0n) is 24.5. The van der Waals surface area contributed by atoms with Gasteiger partial charge in [0, 0.05) is 61.1 Å². The van der Waals surface area contributed by atoms with Gasteiger partial charge in [0.25, 0.3) is 5.91 Å². The monoisotopic (exact) mass is 554 g/mol. The molecule has 2 fully saturated rings. The van der Waals surface area contributed by atoms with Crippen LogP contribution in [0.4, 0.5) is 0 Å². The van der Waals surface area contributed by atoms with Crippen LogP contribution in [0.25, 0.3) is 0 Å². The Bertz CT molecular complexity index is 1140. The van der Waals surface area contributed by atoms with E-state index < -0.39 is 0 Å². The molecule has 5 rings (SSSR count). The summed E-state index contributed by atoms with van der Waals surface area (Å²) in [6.07, 6.45) is 9.88. The molecule has 39 heavy (non-hydrogen) atoms. The Morgan fingerprint density at radius 1 is 1.08 bits per heavy atom. The molecule has 0 aromatic carbocycles. The summed E-state index contributed by atoms with van der Waals surface area (Å²) < 4.78 is 11.0. The second-order valence-electron chi connectivity index (χ2n) is 12.3. The third-order valence-corrected chi connectivity index (χ3v) is 11.1. The Hall–Kier alpha value is -1.80. The van der Waals surface area contributed by atoms with Crippen LogP contribution in [0.2, 0.25) is 0 Å². The lowest BCUT2D eigenvalue weighted by Crippen LogP contribution is -2.57. The van der Waals surface area contributed by atoms with Crippen molar-refractivity contribution >= 4 is 23.0 Å². The molecule has 1 aromatic rings. The van der Waals surface area contributed by atoms with Gasteiger partial charge < -0.3 is 14.4 Å². The highest BCUT2D eigenvalue weighted by molar-refractivity contribution is 7.12. The number of hydrogen-bond donors (Lipinski definition) is 0. The molecule has 0 N–H and O–H groups in total. The van der Waals surface area contributed by atoms with Crippen molar-refractivity contribution in [2.75, 3.05) is 46.5 Å². The van der Waals surface area contributed by atoms with Crippen molar-refractivity contribution in [3.8, 4) is 0 Å². The number of rotatable bonds is 9. The highest BCUT2D eigenvalue weighted by Gasteiger charge is 2.37. The van der Waals surface area contributed by atoms with Crippen molar-refractivity contribution in [3.63, 3.8) is 0 Å². The number of thiophene rings is 1. The highest BCUT2D eigenvalue weighted by atomic mass is 32.1. The van der Waals surface area contributed by atoms with Crippen molar-refractivity contribution in [1.29, 1.82) is 0 Å². The Morgan fingerprint density at radius 3 is 2.51 bits per heavy atom. The molecule has 2 aliphatic heterocycles. The normalized spacial score (nSPS) is 25.9. The number of hydrogen-bond acceptors (Lipinski definition) is 6. The van der Waals surface area contributed by atoms with Gasteiger partial charge >= 0.3 is 0 Å². The van der Waals surface area contributed by atoms with Crippen LogP contribution in [0.15, 0.2) is 22.8 Å². The lowest BCUT2D eigenvalue weighted by atomic mass is 9.76. The van der Waals surface area contributed by atoms with Crippen LogP contribution < -0.4 is 0 Å². The molecular weight excluding hydrogens is 508 g/mol. The summed E-state index contributed by atoms with van der Waals surface area (Å²) >= 11 is 1.89. The van der Waals surface area contributed by atoms with E-state index in [4.69, 9.17) is 9.47 Å². The lowest BCUT2D eigenvalue weighted by molar-refractivity contribution is -0.115. The van der Waals surface area contributed by atoms with Crippen LogP contribution >= 0.6 is 11.3 Å². The molecule has 0 radical (unpaired) electrons. The summed E-state index contributed by atoms with van der Waals surface area (Å²) in [6.45, 7) is 13.2. The number of carbonyl (C=O) groups is 2. The van der Waals surface area contributed by atoms with E-state index in [9.17, 15) is 9.59 Å². The third-order valence-electron chi connectivity index (χ3n) is 9.55. The molecule has 7 heteroatoms. The van der Waals surface area contributed by atoms with Gasteiger partial charge in [0.05, 0.1) is 24.9 Å². The maximum atomic E-state index is 13.8. The number of nitrogens with zero attached hydrogens (tertiary/aromatic N) is 2. The molecule has 1 amide bonds. The number of Topliss-reactive ketones (excluding diaryl/α,β-unsaturated/α-hetero) is 1. The van der Waals surface area contributed by atoms with E-state index in [1.54, 1.807) is 7.11 Å². The van der Waals surface area contributed by atoms with Gasteiger partial charge in [-0.1, -0.05) is 18.6 Å². The molecule has 6 nitrogen and oxygen atoms in total. The van der Waals surface area contributed by atoms with Gasteiger partial charge in [0.2, 0.25) is 0 Å². The average Bonchev–Trinajstić information content (AvgIpc) is 3.12. The number of ether oxygens (including phenoxy) is 2. The first-order valence-electron chi connectivity index (χ1n) is 14.9. The number of methoxy groups -OCH3 is 1. The number of carbonyl (C=O) groups excluding carboxylic acids is 2. The van der Waals surface area contributed by atoms with Crippen molar-refractivity contribution in [2.45, 2.75) is 90.7 Å². The first-order valence-corrected chi connectivity index (χ1v) is 15.7. The Labute approximate surface area is 238 Å². The topological polar surface area (TPSA) is 59.1 Å². The number of likely N-dealkylation sites (tertiary alicyclic amines) is 1. The first kappa shape index (κ1) is 28.7. The van der Waals surface area contributed by atoms with Crippen LogP contribution in [0.1, 0.15) is 90.9 Å². The van der Waals surface area contributed by atoms with E-state index in [1.807, 2.05) is 30.1 Å². The van der Waals surface area contributed by atoms with Gasteiger partial charge in [0.15, 0.2) is 5.78 Å². The summed E-state index contributed by atoms with van der Waals surface area (Å²) in [5, 5.41) is 0. The second kappa shape index (κ2) is 12.4. The maximum absolute atomic E-state index is 13.8. The van der Waals surface area contributed by atoms with Crippen LogP contribution in [0, 0.1) is 12.8 Å². The quantitative estimate of drug-likeness (QED) is 0.367. The lowest BCUT2D eigenvalue weighted by Gasteiger charge is -2.46. The summed E-state index contributed by atoms with van der Waals surface area (Å²) in [4.78, 5) is 33.8.